The second kappa shape index (κ2) is 10.5. The fourth-order valence-electron chi connectivity index (χ4n) is 2.19. The molecule has 0 saturated carbocycles. The summed E-state index contributed by atoms with van der Waals surface area (Å²) in [5.41, 5.74) is 0.106. The standard InChI is InChI=1S/C19H20N2O7/c1-26-16-7-9-17(10-8-16)27-11-3-6-19(23)28-13-18(22)20-14-4-2-5-15(12-14)21(24)25/h2,4-5,7-10,12H,3,6,11,13H2,1H3,(H,20,22). The van der Waals surface area contributed by atoms with Crippen molar-refractivity contribution in [3.05, 3.63) is 58.6 Å². The van der Waals surface area contributed by atoms with Crippen molar-refractivity contribution < 1.29 is 28.7 Å². The van der Waals surface area contributed by atoms with Gasteiger partial charge in [0.2, 0.25) is 0 Å². The highest BCUT2D eigenvalue weighted by Gasteiger charge is 2.10. The molecular formula is C19H20N2O7. The third kappa shape index (κ3) is 6.94. The van der Waals surface area contributed by atoms with Gasteiger partial charge in [0.15, 0.2) is 6.61 Å². The van der Waals surface area contributed by atoms with Crippen molar-refractivity contribution in [3.63, 3.8) is 0 Å². The first kappa shape index (κ1) is 20.7. The van der Waals surface area contributed by atoms with E-state index in [2.05, 4.69) is 5.32 Å². The van der Waals surface area contributed by atoms with Crippen LogP contribution in [-0.4, -0.2) is 37.1 Å². The molecular weight excluding hydrogens is 368 g/mol. The molecule has 2 rings (SSSR count). The third-order valence-electron chi connectivity index (χ3n) is 3.56. The zero-order valence-corrected chi connectivity index (χ0v) is 15.3. The Balaban J connectivity index is 1.64. The van der Waals surface area contributed by atoms with Gasteiger partial charge in [-0.1, -0.05) is 6.07 Å². The molecule has 2 aromatic rings. The normalized spacial score (nSPS) is 10.0. The van der Waals surface area contributed by atoms with E-state index in [0.29, 0.717) is 18.8 Å². The second-order valence-electron chi connectivity index (χ2n) is 5.64. The van der Waals surface area contributed by atoms with Gasteiger partial charge < -0.3 is 19.5 Å². The van der Waals surface area contributed by atoms with Crippen molar-refractivity contribution in [2.24, 2.45) is 0 Å². The van der Waals surface area contributed by atoms with Gasteiger partial charge in [-0.15, -0.1) is 0 Å². The first-order chi connectivity index (χ1) is 13.5. The Morgan fingerprint density at radius 2 is 1.82 bits per heavy atom. The number of nitro benzene ring substituents is 1. The summed E-state index contributed by atoms with van der Waals surface area (Å²) in [5.74, 6) is 0.265. The van der Waals surface area contributed by atoms with Gasteiger partial charge in [0.25, 0.3) is 11.6 Å². The van der Waals surface area contributed by atoms with Crippen LogP contribution in [0.1, 0.15) is 12.8 Å². The van der Waals surface area contributed by atoms with Crippen LogP contribution in [0.25, 0.3) is 0 Å². The van der Waals surface area contributed by atoms with Crippen LogP contribution >= 0.6 is 0 Å². The van der Waals surface area contributed by atoms with E-state index in [9.17, 15) is 19.7 Å². The first-order valence-electron chi connectivity index (χ1n) is 8.44. The van der Waals surface area contributed by atoms with Crippen molar-refractivity contribution >= 4 is 23.3 Å². The lowest BCUT2D eigenvalue weighted by Crippen LogP contribution is -2.21. The Labute approximate surface area is 161 Å². The zero-order valence-electron chi connectivity index (χ0n) is 15.3. The Morgan fingerprint density at radius 3 is 2.50 bits per heavy atom. The number of esters is 1. The third-order valence-corrected chi connectivity index (χ3v) is 3.56. The van der Waals surface area contributed by atoms with E-state index in [1.54, 1.807) is 31.4 Å². The molecule has 0 aliphatic carbocycles. The van der Waals surface area contributed by atoms with Crippen LogP contribution in [0.3, 0.4) is 0 Å². The summed E-state index contributed by atoms with van der Waals surface area (Å²) in [7, 11) is 1.57. The van der Waals surface area contributed by atoms with E-state index in [4.69, 9.17) is 14.2 Å². The number of nitrogens with zero attached hydrogens (tertiary/aromatic N) is 1. The van der Waals surface area contributed by atoms with E-state index in [1.165, 1.54) is 24.3 Å². The predicted octanol–water partition coefficient (Wildman–Crippen LogP) is 2.94. The lowest BCUT2D eigenvalue weighted by molar-refractivity contribution is -0.384. The van der Waals surface area contributed by atoms with Crippen molar-refractivity contribution in [3.8, 4) is 11.5 Å². The number of rotatable bonds is 10. The molecule has 1 N–H and O–H groups in total. The number of carbonyl (C=O) groups is 2. The van der Waals surface area contributed by atoms with Crippen LogP contribution < -0.4 is 14.8 Å². The first-order valence-corrected chi connectivity index (χ1v) is 8.44. The van der Waals surface area contributed by atoms with Gasteiger partial charge in [0, 0.05) is 24.2 Å². The summed E-state index contributed by atoms with van der Waals surface area (Å²) in [6, 6.07) is 12.5. The average Bonchev–Trinajstić information content (AvgIpc) is 2.70. The molecule has 0 aliphatic heterocycles. The maximum atomic E-state index is 11.8. The lowest BCUT2D eigenvalue weighted by Gasteiger charge is -2.08. The molecule has 0 saturated heterocycles. The molecule has 0 radical (unpaired) electrons. The molecule has 9 nitrogen and oxygen atoms in total. The summed E-state index contributed by atoms with van der Waals surface area (Å²) in [6.07, 6.45) is 0.525. The number of hydrogen-bond donors (Lipinski definition) is 1. The maximum Gasteiger partial charge on any atom is 0.306 e. The molecule has 9 heteroatoms. The van der Waals surface area contributed by atoms with Gasteiger partial charge in [0.1, 0.15) is 11.5 Å². The van der Waals surface area contributed by atoms with Crippen molar-refractivity contribution in [2.75, 3.05) is 25.6 Å². The highest BCUT2D eigenvalue weighted by Crippen LogP contribution is 2.18. The molecule has 2 aromatic carbocycles. The molecule has 0 fully saturated rings. The van der Waals surface area contributed by atoms with Crippen molar-refractivity contribution in [2.45, 2.75) is 12.8 Å². The van der Waals surface area contributed by atoms with E-state index in [1.807, 2.05) is 0 Å². The molecule has 1 amide bonds. The monoisotopic (exact) mass is 388 g/mol. The number of carbonyl (C=O) groups excluding carboxylic acids is 2. The van der Waals surface area contributed by atoms with Gasteiger partial charge in [-0.05, 0) is 36.8 Å². The number of hydrogen-bond acceptors (Lipinski definition) is 7. The van der Waals surface area contributed by atoms with Gasteiger partial charge in [-0.3, -0.25) is 19.7 Å². The van der Waals surface area contributed by atoms with E-state index in [0.717, 1.165) is 5.75 Å². The summed E-state index contributed by atoms with van der Waals surface area (Å²) >= 11 is 0. The molecule has 0 spiro atoms. The quantitative estimate of drug-likeness (QED) is 0.288. The van der Waals surface area contributed by atoms with Crippen LogP contribution in [-0.2, 0) is 14.3 Å². The Kier molecular flexibility index (Phi) is 7.77. The Morgan fingerprint density at radius 1 is 1.11 bits per heavy atom. The van der Waals surface area contributed by atoms with Crippen LogP contribution in [0.15, 0.2) is 48.5 Å². The van der Waals surface area contributed by atoms with Crippen LogP contribution in [0.2, 0.25) is 0 Å². The van der Waals surface area contributed by atoms with Gasteiger partial charge in [0.05, 0.1) is 18.6 Å². The smallest absolute Gasteiger partial charge is 0.306 e. The van der Waals surface area contributed by atoms with Crippen molar-refractivity contribution in [1.29, 1.82) is 0 Å². The SMILES string of the molecule is COc1ccc(OCCCC(=O)OCC(=O)Nc2cccc([N+](=O)[O-])c2)cc1. The minimum atomic E-state index is -0.580. The number of amides is 1. The second-order valence-corrected chi connectivity index (χ2v) is 5.64. The molecule has 28 heavy (non-hydrogen) atoms. The van der Waals surface area contributed by atoms with Crippen LogP contribution in [0.4, 0.5) is 11.4 Å². The zero-order chi connectivity index (χ0) is 20.4. The average molecular weight is 388 g/mol. The number of ether oxygens (including phenoxy) is 3. The largest absolute Gasteiger partial charge is 0.497 e. The number of non-ortho nitro benzene ring substituents is 1. The highest BCUT2D eigenvalue weighted by molar-refractivity contribution is 5.93. The van der Waals surface area contributed by atoms with Gasteiger partial charge >= 0.3 is 5.97 Å². The number of benzene rings is 2. The molecule has 0 aromatic heterocycles. The van der Waals surface area contributed by atoms with E-state index in [-0.39, 0.29) is 17.8 Å². The van der Waals surface area contributed by atoms with E-state index < -0.39 is 23.4 Å². The number of methoxy groups -OCH3 is 1. The fourth-order valence-corrected chi connectivity index (χ4v) is 2.19. The Hall–Kier alpha value is -3.62. The van der Waals surface area contributed by atoms with Gasteiger partial charge in [-0.25, -0.2) is 0 Å². The summed E-state index contributed by atoms with van der Waals surface area (Å²) in [6.45, 7) is -0.151. The lowest BCUT2D eigenvalue weighted by atomic mass is 10.3. The number of nitrogens with one attached hydrogen (secondary N) is 1. The predicted molar refractivity (Wildman–Crippen MR) is 100 cm³/mol. The summed E-state index contributed by atoms with van der Waals surface area (Å²) < 4.78 is 15.4. The molecule has 148 valence electrons. The maximum absolute atomic E-state index is 11.8. The summed E-state index contributed by atoms with van der Waals surface area (Å²) in [4.78, 5) is 33.6. The minimum Gasteiger partial charge on any atom is -0.497 e. The molecule has 0 aliphatic rings. The minimum absolute atomic E-state index is 0.0975. The summed E-state index contributed by atoms with van der Waals surface area (Å²) in [5, 5.41) is 13.1. The molecule has 0 atom stereocenters. The molecule has 0 heterocycles. The van der Waals surface area contributed by atoms with E-state index >= 15 is 0 Å². The number of nitro groups is 1. The fraction of sp³-hybridized carbons (Fsp3) is 0.263. The van der Waals surface area contributed by atoms with Crippen LogP contribution in [0, 0.1) is 10.1 Å². The molecule has 0 unspecified atom stereocenters. The Bertz CT molecular complexity index is 821. The highest BCUT2D eigenvalue weighted by atomic mass is 16.6. The van der Waals surface area contributed by atoms with Crippen LogP contribution in [0.5, 0.6) is 11.5 Å². The topological polar surface area (TPSA) is 117 Å². The number of anilines is 1. The van der Waals surface area contributed by atoms with Gasteiger partial charge in [-0.2, -0.15) is 0 Å². The molecule has 0 bridgehead atoms. The van der Waals surface area contributed by atoms with Crippen molar-refractivity contribution in [1.82, 2.24) is 0 Å².